The summed E-state index contributed by atoms with van der Waals surface area (Å²) >= 11 is 0. The third-order valence-electron chi connectivity index (χ3n) is 6.12. The monoisotopic (exact) mass is 518 g/mol. The number of hydrogen-bond donors (Lipinski definition) is 0. The van der Waals surface area contributed by atoms with E-state index in [0.717, 1.165) is 11.1 Å². The number of nitrogens with zero attached hydrogens (tertiary/aromatic N) is 4. The summed E-state index contributed by atoms with van der Waals surface area (Å²) in [7, 11) is 1.57. The molecule has 196 valence electrons. The van der Waals surface area contributed by atoms with Gasteiger partial charge in [0.2, 0.25) is 0 Å². The number of aromatic nitrogens is 3. The quantitative estimate of drug-likeness (QED) is 0.299. The molecule has 0 bridgehead atoms. The van der Waals surface area contributed by atoms with E-state index in [2.05, 4.69) is 10.3 Å². The molecule has 2 aromatic heterocycles. The van der Waals surface area contributed by atoms with Crippen LogP contribution in [0.2, 0.25) is 0 Å². The zero-order chi connectivity index (χ0) is 26.6. The highest BCUT2D eigenvalue weighted by atomic mass is 19.4. The van der Waals surface area contributed by atoms with E-state index in [9.17, 15) is 22.4 Å². The number of allylic oxidation sites excluding steroid dienone is 3. The fourth-order valence-electron chi connectivity index (χ4n) is 4.21. The van der Waals surface area contributed by atoms with Crippen molar-refractivity contribution in [1.29, 1.82) is 0 Å². The summed E-state index contributed by atoms with van der Waals surface area (Å²) in [6.45, 7) is 0.336. The number of carbonyl (C=O) groups excluding carboxylic acids is 1. The molecule has 4 rings (SSSR count). The van der Waals surface area contributed by atoms with Crippen LogP contribution in [0.1, 0.15) is 36.1 Å². The molecule has 11 heteroatoms. The normalized spacial score (nSPS) is 17.8. The molecule has 3 aromatic rings. The first-order valence-electron chi connectivity index (χ1n) is 11.7. The van der Waals surface area contributed by atoms with Crippen molar-refractivity contribution in [2.75, 3.05) is 18.6 Å². The Balaban J connectivity index is 1.65. The lowest BCUT2D eigenvalue weighted by Gasteiger charge is -2.27. The van der Waals surface area contributed by atoms with Crippen LogP contribution in [0.15, 0.2) is 65.8 Å². The average Bonchev–Trinajstić information content (AvgIpc) is 3.52. The number of fused-ring (bicyclic) bond motifs is 1. The van der Waals surface area contributed by atoms with Crippen LogP contribution in [0.5, 0.6) is 0 Å². The third kappa shape index (κ3) is 6.34. The van der Waals surface area contributed by atoms with Gasteiger partial charge in [-0.2, -0.15) is 18.3 Å². The molecule has 3 heterocycles. The summed E-state index contributed by atoms with van der Waals surface area (Å²) < 4.78 is 66.3. The molecule has 1 aliphatic rings. The highest BCUT2D eigenvalue weighted by Gasteiger charge is 2.40. The zero-order valence-electron chi connectivity index (χ0n) is 20.3. The lowest BCUT2D eigenvalue weighted by molar-refractivity contribution is -0.134. The van der Waals surface area contributed by atoms with Crippen molar-refractivity contribution in [2.24, 2.45) is 0 Å². The van der Waals surface area contributed by atoms with Crippen LogP contribution in [0.25, 0.3) is 5.57 Å². The largest absolute Gasteiger partial charge is 0.406 e. The molecule has 0 radical (unpaired) electrons. The predicted molar refractivity (Wildman–Crippen MR) is 128 cm³/mol. The lowest BCUT2D eigenvalue weighted by atomic mass is 10.0. The summed E-state index contributed by atoms with van der Waals surface area (Å²) in [6, 6.07) is 2.79. The summed E-state index contributed by atoms with van der Waals surface area (Å²) in [6.07, 6.45) is 7.76. The van der Waals surface area contributed by atoms with Gasteiger partial charge in [0.05, 0.1) is 24.2 Å². The van der Waals surface area contributed by atoms with Gasteiger partial charge in [-0.1, -0.05) is 23.4 Å². The highest BCUT2D eigenvalue weighted by molar-refractivity contribution is 5.97. The number of alkyl halides is 3. The molecule has 0 saturated carbocycles. The molecule has 2 atom stereocenters. The van der Waals surface area contributed by atoms with Gasteiger partial charge in [0.15, 0.2) is 0 Å². The molecular formula is C26H26F4N4O3. The molecule has 37 heavy (non-hydrogen) atoms. The molecule has 0 fully saturated rings. The first-order chi connectivity index (χ1) is 17.7. The molecule has 1 aromatic carbocycles. The molecular weight excluding hydrogens is 492 g/mol. The Hall–Kier alpha value is -3.73. The topological polar surface area (TPSA) is 73.4 Å². The van der Waals surface area contributed by atoms with Crippen LogP contribution in [0, 0.1) is 5.82 Å². The molecule has 7 nitrogen and oxygen atoms in total. The molecule has 0 N–H and O–H groups in total. The number of halogens is 4. The van der Waals surface area contributed by atoms with Crippen molar-refractivity contribution in [2.45, 2.75) is 44.5 Å². The Bertz CT molecular complexity index is 1280. The van der Waals surface area contributed by atoms with E-state index in [1.165, 1.54) is 35.3 Å². The lowest BCUT2D eigenvalue weighted by Crippen LogP contribution is -2.42. The van der Waals surface area contributed by atoms with Crippen LogP contribution in [-0.2, 0) is 22.4 Å². The van der Waals surface area contributed by atoms with Crippen LogP contribution >= 0.6 is 0 Å². The number of hydrogen-bond acceptors (Lipinski definition) is 5. The summed E-state index contributed by atoms with van der Waals surface area (Å²) in [4.78, 5) is 14.0. The second-order valence-electron chi connectivity index (χ2n) is 8.74. The van der Waals surface area contributed by atoms with Gasteiger partial charge in [0.1, 0.15) is 24.7 Å². The van der Waals surface area contributed by atoms with Crippen LogP contribution in [0.4, 0.5) is 23.2 Å². The first-order valence-corrected chi connectivity index (χ1v) is 11.7. The summed E-state index contributed by atoms with van der Waals surface area (Å²) in [5.41, 5.74) is 2.30. The van der Waals surface area contributed by atoms with Gasteiger partial charge in [-0.3, -0.25) is 9.48 Å². The van der Waals surface area contributed by atoms with Gasteiger partial charge < -0.3 is 14.2 Å². The maximum atomic E-state index is 14.5. The minimum absolute atomic E-state index is 0.0663. The standard InChI is InChI=1S/C26H26F4N4O3/c1-17(36-2)11-19(6-3-5-18-12-32-37-15-18)20-13-31-34(14-20)24-10-9-21-22(27)7-4-8-23(21)33(25(24)35)16-26(28,29)30/h3-4,6-8,11-15,17,24H,5,9-10,16H2,1-2H3. The number of ether oxygens (including phenoxy) is 1. The SMILES string of the molecule is COC(C)C=C(C=CCc1cnoc1)c1cnn(C2CCc3c(F)cccc3N(CC(F)(F)F)C2=O)c1. The highest BCUT2D eigenvalue weighted by Crippen LogP contribution is 2.35. The predicted octanol–water partition coefficient (Wildman–Crippen LogP) is 5.31. The van der Waals surface area contributed by atoms with Crippen molar-refractivity contribution >= 4 is 17.2 Å². The first kappa shape index (κ1) is 26.3. The molecule has 2 unspecified atom stereocenters. The smallest absolute Gasteiger partial charge is 0.378 e. The second-order valence-corrected chi connectivity index (χ2v) is 8.74. The number of amides is 1. The van der Waals surface area contributed by atoms with Crippen LogP contribution < -0.4 is 4.90 Å². The molecule has 0 spiro atoms. The number of carbonyl (C=O) groups is 1. The molecule has 1 aliphatic heterocycles. The van der Waals surface area contributed by atoms with Crippen molar-refractivity contribution < 1.29 is 31.6 Å². The van der Waals surface area contributed by atoms with E-state index >= 15 is 0 Å². The Labute approximate surface area is 211 Å². The Morgan fingerprint density at radius 1 is 1.32 bits per heavy atom. The van der Waals surface area contributed by atoms with Gasteiger partial charge in [-0.05, 0) is 50.0 Å². The van der Waals surface area contributed by atoms with Gasteiger partial charge in [-0.25, -0.2) is 4.39 Å². The fraction of sp³-hybridized carbons (Fsp3) is 0.346. The van der Waals surface area contributed by atoms with Crippen LogP contribution in [0.3, 0.4) is 0 Å². The van der Waals surface area contributed by atoms with Gasteiger partial charge in [0, 0.05) is 30.0 Å². The number of rotatable bonds is 8. The van der Waals surface area contributed by atoms with Crippen molar-refractivity contribution in [3.05, 3.63) is 83.8 Å². The Morgan fingerprint density at radius 3 is 2.84 bits per heavy atom. The third-order valence-corrected chi connectivity index (χ3v) is 6.12. The van der Waals surface area contributed by atoms with Crippen molar-refractivity contribution in [3.8, 4) is 0 Å². The van der Waals surface area contributed by atoms with E-state index in [1.54, 1.807) is 19.5 Å². The van der Waals surface area contributed by atoms with Gasteiger partial charge in [0.25, 0.3) is 5.91 Å². The second kappa shape index (κ2) is 11.1. The van der Waals surface area contributed by atoms with E-state index in [4.69, 9.17) is 9.26 Å². The Kier molecular flexibility index (Phi) is 7.91. The van der Waals surface area contributed by atoms with E-state index in [-0.39, 0.29) is 30.2 Å². The number of anilines is 1. The average molecular weight is 519 g/mol. The minimum atomic E-state index is -4.66. The maximum Gasteiger partial charge on any atom is 0.406 e. The van der Waals surface area contributed by atoms with E-state index < -0.39 is 30.5 Å². The molecule has 0 aliphatic carbocycles. The number of methoxy groups -OCH3 is 1. The van der Waals surface area contributed by atoms with Crippen molar-refractivity contribution in [3.63, 3.8) is 0 Å². The van der Waals surface area contributed by atoms with Gasteiger partial charge in [-0.15, -0.1) is 0 Å². The van der Waals surface area contributed by atoms with Gasteiger partial charge >= 0.3 is 6.18 Å². The Morgan fingerprint density at radius 2 is 2.14 bits per heavy atom. The minimum Gasteiger partial charge on any atom is -0.378 e. The zero-order valence-corrected chi connectivity index (χ0v) is 20.3. The number of benzene rings is 1. The molecule has 1 amide bonds. The van der Waals surface area contributed by atoms with E-state index in [0.29, 0.717) is 16.9 Å². The van der Waals surface area contributed by atoms with Crippen molar-refractivity contribution in [1.82, 2.24) is 14.9 Å². The summed E-state index contributed by atoms with van der Waals surface area (Å²) in [5.74, 6) is -1.44. The van der Waals surface area contributed by atoms with Crippen LogP contribution in [-0.4, -0.2) is 46.8 Å². The fourth-order valence-corrected chi connectivity index (χ4v) is 4.21. The maximum absolute atomic E-state index is 14.5. The molecule has 0 saturated heterocycles. The summed E-state index contributed by atoms with van der Waals surface area (Å²) in [5, 5.41) is 7.99. The van der Waals surface area contributed by atoms with E-state index in [1.807, 2.05) is 25.2 Å².